The number of hydrogen-bond acceptors (Lipinski definition) is 4. The van der Waals surface area contributed by atoms with E-state index in [1.54, 1.807) is 0 Å². The summed E-state index contributed by atoms with van der Waals surface area (Å²) in [5.41, 5.74) is 0. The van der Waals surface area contributed by atoms with Gasteiger partial charge in [0.25, 0.3) is 0 Å². The Hall–Kier alpha value is -0.160. The summed E-state index contributed by atoms with van der Waals surface area (Å²) in [4.78, 5) is 0. The second kappa shape index (κ2) is 3.30. The largest absolute Gasteiger partial charge is 0.394 e. The van der Waals surface area contributed by atoms with Crippen LogP contribution in [-0.2, 0) is 4.74 Å². The first kappa shape index (κ1) is 7.94. The molecular formula is C6H12O4. The monoisotopic (exact) mass is 148 g/mol. The highest BCUT2D eigenvalue weighted by Gasteiger charge is 2.27. The third kappa shape index (κ3) is 1.67. The molecule has 60 valence electrons. The van der Waals surface area contributed by atoms with Gasteiger partial charge in [-0.3, -0.25) is 0 Å². The van der Waals surface area contributed by atoms with Crippen LogP contribution in [0.4, 0.5) is 0 Å². The highest BCUT2D eigenvalue weighted by atomic mass is 16.6. The molecule has 1 saturated heterocycles. The van der Waals surface area contributed by atoms with Crippen molar-refractivity contribution in [2.75, 3.05) is 6.61 Å². The fourth-order valence-electron chi connectivity index (χ4n) is 1.02. The van der Waals surface area contributed by atoms with E-state index in [4.69, 9.17) is 20.1 Å². The highest BCUT2D eigenvalue weighted by molar-refractivity contribution is 4.73. The fraction of sp³-hybridized carbons (Fsp3) is 1.00. The van der Waals surface area contributed by atoms with Crippen LogP contribution in [0.25, 0.3) is 0 Å². The average Bonchev–Trinajstić information content (AvgIpc) is 1.94. The van der Waals surface area contributed by atoms with Crippen LogP contribution in [0.2, 0.25) is 0 Å². The first-order valence-electron chi connectivity index (χ1n) is 3.36. The van der Waals surface area contributed by atoms with Crippen molar-refractivity contribution in [1.82, 2.24) is 0 Å². The lowest BCUT2D eigenvalue weighted by Crippen LogP contribution is -2.40. The summed E-state index contributed by atoms with van der Waals surface area (Å²) in [5, 5.41) is 26.6. The Kier molecular flexibility index (Phi) is 2.62. The minimum atomic E-state index is -0.819. The lowest BCUT2D eigenvalue weighted by molar-refractivity contribution is -0.207. The Labute approximate surface area is 59.1 Å². The van der Waals surface area contributed by atoms with E-state index in [0.29, 0.717) is 12.8 Å². The highest BCUT2D eigenvalue weighted by Crippen LogP contribution is 2.17. The predicted octanol–water partition coefficient (Wildman–Crippen LogP) is -1.16. The normalized spacial score (nSPS) is 41.7. The van der Waals surface area contributed by atoms with Gasteiger partial charge in [0, 0.05) is 6.42 Å². The van der Waals surface area contributed by atoms with E-state index < -0.39 is 18.5 Å². The van der Waals surface area contributed by atoms with Crippen LogP contribution in [0.5, 0.6) is 0 Å². The average molecular weight is 148 g/mol. The Morgan fingerprint density at radius 2 is 2.00 bits per heavy atom. The molecule has 1 aliphatic heterocycles. The van der Waals surface area contributed by atoms with Gasteiger partial charge in [0.1, 0.15) is 6.10 Å². The minimum absolute atomic E-state index is 0.238. The van der Waals surface area contributed by atoms with Crippen molar-refractivity contribution in [3.05, 3.63) is 0 Å². The van der Waals surface area contributed by atoms with Gasteiger partial charge in [-0.15, -0.1) is 0 Å². The Morgan fingerprint density at radius 1 is 1.30 bits per heavy atom. The summed E-state index contributed by atoms with van der Waals surface area (Å²) < 4.78 is 4.80. The van der Waals surface area contributed by atoms with Gasteiger partial charge in [-0.1, -0.05) is 0 Å². The quantitative estimate of drug-likeness (QED) is 0.438. The molecule has 0 aromatic carbocycles. The van der Waals surface area contributed by atoms with Crippen molar-refractivity contribution in [3.8, 4) is 0 Å². The van der Waals surface area contributed by atoms with Crippen molar-refractivity contribution in [2.24, 2.45) is 0 Å². The first-order valence-corrected chi connectivity index (χ1v) is 3.36. The van der Waals surface area contributed by atoms with Crippen LogP contribution >= 0.6 is 0 Å². The standard InChI is InChI=1S/C6H12O4/c7-3-5-4(8)1-2-6(9)10-5/h4-9H,1-3H2/t4-,5+,6?/m0/s1. The first-order chi connectivity index (χ1) is 4.74. The lowest BCUT2D eigenvalue weighted by Gasteiger charge is -2.29. The summed E-state index contributed by atoms with van der Waals surface area (Å²) in [6.45, 7) is -0.238. The molecule has 10 heavy (non-hydrogen) atoms. The van der Waals surface area contributed by atoms with E-state index in [1.807, 2.05) is 0 Å². The zero-order valence-corrected chi connectivity index (χ0v) is 5.60. The molecule has 1 rings (SSSR count). The van der Waals surface area contributed by atoms with Crippen molar-refractivity contribution < 1.29 is 20.1 Å². The van der Waals surface area contributed by atoms with Crippen molar-refractivity contribution in [1.29, 1.82) is 0 Å². The van der Waals surface area contributed by atoms with Crippen LogP contribution in [0.15, 0.2) is 0 Å². The molecule has 0 radical (unpaired) electrons. The molecule has 1 aliphatic rings. The van der Waals surface area contributed by atoms with E-state index >= 15 is 0 Å². The molecule has 3 N–H and O–H groups in total. The summed E-state index contributed by atoms with van der Waals surface area (Å²) in [7, 11) is 0. The van der Waals surface area contributed by atoms with Crippen LogP contribution in [0, 0.1) is 0 Å². The van der Waals surface area contributed by atoms with Crippen LogP contribution in [0.3, 0.4) is 0 Å². The van der Waals surface area contributed by atoms with E-state index in [-0.39, 0.29) is 6.61 Å². The van der Waals surface area contributed by atoms with Crippen molar-refractivity contribution in [2.45, 2.75) is 31.3 Å². The van der Waals surface area contributed by atoms with Gasteiger partial charge < -0.3 is 20.1 Å². The zero-order chi connectivity index (χ0) is 7.56. The van der Waals surface area contributed by atoms with E-state index in [1.165, 1.54) is 0 Å². The lowest BCUT2D eigenvalue weighted by atomic mass is 10.1. The summed E-state index contributed by atoms with van der Waals surface area (Å²) >= 11 is 0. The fourth-order valence-corrected chi connectivity index (χ4v) is 1.02. The molecule has 1 fully saturated rings. The summed E-state index contributed by atoms with van der Waals surface area (Å²) in [6, 6.07) is 0. The van der Waals surface area contributed by atoms with E-state index in [0.717, 1.165) is 0 Å². The van der Waals surface area contributed by atoms with Crippen molar-refractivity contribution in [3.63, 3.8) is 0 Å². The molecule has 3 atom stereocenters. The maximum Gasteiger partial charge on any atom is 0.155 e. The number of aliphatic hydroxyl groups is 3. The second-order valence-electron chi connectivity index (χ2n) is 2.46. The maximum atomic E-state index is 9.09. The Bertz CT molecular complexity index is 106. The summed E-state index contributed by atoms with van der Waals surface area (Å²) in [6.07, 6.45) is -1.12. The molecule has 0 aliphatic carbocycles. The molecular weight excluding hydrogens is 136 g/mol. The zero-order valence-electron chi connectivity index (χ0n) is 5.60. The Balaban J connectivity index is 2.38. The molecule has 4 nitrogen and oxygen atoms in total. The number of hydrogen-bond donors (Lipinski definition) is 3. The van der Waals surface area contributed by atoms with Crippen LogP contribution < -0.4 is 0 Å². The molecule has 0 spiro atoms. The van der Waals surface area contributed by atoms with Gasteiger partial charge in [-0.05, 0) is 6.42 Å². The minimum Gasteiger partial charge on any atom is -0.394 e. The van der Waals surface area contributed by atoms with Crippen molar-refractivity contribution >= 4 is 0 Å². The number of rotatable bonds is 1. The topological polar surface area (TPSA) is 69.9 Å². The SMILES string of the molecule is OC[C@H]1OC(O)CC[C@@H]1O. The van der Waals surface area contributed by atoms with Crippen LogP contribution in [-0.4, -0.2) is 40.4 Å². The van der Waals surface area contributed by atoms with Gasteiger partial charge in [-0.2, -0.15) is 0 Å². The molecule has 4 heteroatoms. The third-order valence-corrected chi connectivity index (χ3v) is 1.65. The van der Waals surface area contributed by atoms with Crippen LogP contribution in [0.1, 0.15) is 12.8 Å². The number of aliphatic hydroxyl groups excluding tert-OH is 3. The molecule has 0 aromatic heterocycles. The van der Waals surface area contributed by atoms with Gasteiger partial charge in [0.2, 0.25) is 0 Å². The molecule has 0 aromatic rings. The van der Waals surface area contributed by atoms with Gasteiger partial charge in [-0.25, -0.2) is 0 Å². The molecule has 1 heterocycles. The molecule has 0 amide bonds. The van der Waals surface area contributed by atoms with Gasteiger partial charge in [0.15, 0.2) is 6.29 Å². The Morgan fingerprint density at radius 3 is 2.50 bits per heavy atom. The van der Waals surface area contributed by atoms with E-state index in [9.17, 15) is 0 Å². The second-order valence-corrected chi connectivity index (χ2v) is 2.46. The summed E-state index contributed by atoms with van der Waals surface area (Å²) in [5.74, 6) is 0. The smallest absolute Gasteiger partial charge is 0.155 e. The predicted molar refractivity (Wildman–Crippen MR) is 33.2 cm³/mol. The molecule has 0 saturated carbocycles. The molecule has 1 unspecified atom stereocenters. The number of ether oxygens (including phenoxy) is 1. The van der Waals surface area contributed by atoms with Gasteiger partial charge >= 0.3 is 0 Å². The molecule has 0 bridgehead atoms. The maximum absolute atomic E-state index is 9.09. The third-order valence-electron chi connectivity index (χ3n) is 1.65. The van der Waals surface area contributed by atoms with E-state index in [2.05, 4.69) is 0 Å². The van der Waals surface area contributed by atoms with Gasteiger partial charge in [0.05, 0.1) is 12.7 Å².